The Morgan fingerprint density at radius 3 is 2.87 bits per heavy atom. The van der Waals surface area contributed by atoms with Gasteiger partial charge in [0, 0.05) is 17.3 Å². The molecule has 5 heteroatoms. The summed E-state index contributed by atoms with van der Waals surface area (Å²) in [7, 11) is 0. The first-order valence-electron chi connectivity index (χ1n) is 4.12. The molecule has 1 radical (unpaired) electrons. The summed E-state index contributed by atoms with van der Waals surface area (Å²) in [5, 5.41) is 13.2. The van der Waals surface area contributed by atoms with Crippen LogP contribution in [0, 0.1) is 6.07 Å². The molecule has 1 aromatic carbocycles. The van der Waals surface area contributed by atoms with E-state index in [1.54, 1.807) is 18.2 Å². The molecule has 2 aromatic rings. The second kappa shape index (κ2) is 3.74. The monoisotopic (exact) mass is 221 g/mol. The number of rotatable bonds is 2. The van der Waals surface area contributed by atoms with Crippen molar-refractivity contribution >= 4 is 17.6 Å². The van der Waals surface area contributed by atoms with Gasteiger partial charge in [0.1, 0.15) is 0 Å². The molecule has 1 heterocycles. The molecule has 0 spiro atoms. The van der Waals surface area contributed by atoms with Gasteiger partial charge in [0.2, 0.25) is 0 Å². The summed E-state index contributed by atoms with van der Waals surface area (Å²) in [6.45, 7) is 0. The fourth-order valence-electron chi connectivity index (χ4n) is 1.11. The summed E-state index contributed by atoms with van der Waals surface area (Å²) >= 11 is 5.70. The Labute approximate surface area is 90.7 Å². The summed E-state index contributed by atoms with van der Waals surface area (Å²) < 4.78 is 1.43. The third kappa shape index (κ3) is 1.99. The number of nitrogens with zero attached hydrogens (tertiary/aromatic N) is 2. The van der Waals surface area contributed by atoms with Crippen molar-refractivity contribution in [2.45, 2.75) is 0 Å². The lowest BCUT2D eigenvalue weighted by Crippen LogP contribution is -1.95. The van der Waals surface area contributed by atoms with E-state index in [1.165, 1.54) is 17.1 Å². The van der Waals surface area contributed by atoms with E-state index in [1.807, 2.05) is 0 Å². The lowest BCUT2D eigenvalue weighted by Gasteiger charge is -1.99. The third-order valence-electron chi connectivity index (χ3n) is 1.83. The van der Waals surface area contributed by atoms with Crippen LogP contribution in [0.4, 0.5) is 0 Å². The van der Waals surface area contributed by atoms with E-state index >= 15 is 0 Å². The molecule has 0 aliphatic rings. The topological polar surface area (TPSA) is 55.1 Å². The molecule has 75 valence electrons. The van der Waals surface area contributed by atoms with Crippen LogP contribution in [0.15, 0.2) is 30.6 Å². The van der Waals surface area contributed by atoms with Crippen molar-refractivity contribution in [3.05, 3.63) is 47.2 Å². The predicted molar refractivity (Wildman–Crippen MR) is 54.4 cm³/mol. The molecule has 0 saturated carbocycles. The van der Waals surface area contributed by atoms with Crippen LogP contribution in [-0.2, 0) is 0 Å². The Morgan fingerprint density at radius 1 is 1.53 bits per heavy atom. The van der Waals surface area contributed by atoms with Gasteiger partial charge in [0.05, 0.1) is 17.4 Å². The summed E-state index contributed by atoms with van der Waals surface area (Å²) in [6.07, 6.45) is 2.70. The number of hydrogen-bond donors (Lipinski definition) is 1. The van der Waals surface area contributed by atoms with Gasteiger partial charge >= 0.3 is 5.97 Å². The number of aromatic carboxylic acids is 1. The van der Waals surface area contributed by atoms with Crippen molar-refractivity contribution in [2.75, 3.05) is 0 Å². The summed E-state index contributed by atoms with van der Waals surface area (Å²) in [5.41, 5.74) is 0.783. The standard InChI is InChI=1S/C10H6ClN2O2/c11-8-1-3-9(4-2-8)13-6-7(5-12-13)10(14)15/h1-3,5-6H,(H,14,15). The second-order valence-corrected chi connectivity index (χ2v) is 3.31. The maximum absolute atomic E-state index is 10.6. The summed E-state index contributed by atoms with van der Waals surface area (Å²) in [5.74, 6) is -1.00. The highest BCUT2D eigenvalue weighted by Crippen LogP contribution is 2.12. The number of benzene rings is 1. The van der Waals surface area contributed by atoms with E-state index in [0.717, 1.165) is 0 Å². The highest BCUT2D eigenvalue weighted by molar-refractivity contribution is 6.30. The molecule has 0 atom stereocenters. The molecule has 0 aliphatic carbocycles. The van der Waals surface area contributed by atoms with Crippen LogP contribution in [0.25, 0.3) is 5.69 Å². The summed E-state index contributed by atoms with van der Waals surface area (Å²) in [4.78, 5) is 10.6. The largest absolute Gasteiger partial charge is 0.478 e. The molecule has 1 aromatic heterocycles. The van der Waals surface area contributed by atoms with Gasteiger partial charge in [0.25, 0.3) is 0 Å². The van der Waals surface area contributed by atoms with Gasteiger partial charge in [-0.1, -0.05) is 11.6 Å². The average Bonchev–Trinajstić information content (AvgIpc) is 2.68. The van der Waals surface area contributed by atoms with E-state index in [-0.39, 0.29) is 5.56 Å². The summed E-state index contributed by atoms with van der Waals surface area (Å²) in [6, 6.07) is 7.88. The molecule has 0 bridgehead atoms. The number of carbonyl (C=O) groups is 1. The van der Waals surface area contributed by atoms with Crippen molar-refractivity contribution in [3.8, 4) is 5.69 Å². The van der Waals surface area contributed by atoms with Crippen molar-refractivity contribution in [3.63, 3.8) is 0 Å². The van der Waals surface area contributed by atoms with Crippen LogP contribution >= 0.6 is 11.6 Å². The van der Waals surface area contributed by atoms with Crippen LogP contribution in [-0.4, -0.2) is 20.9 Å². The molecule has 0 saturated heterocycles. The quantitative estimate of drug-likeness (QED) is 0.844. The maximum atomic E-state index is 10.6. The first-order chi connectivity index (χ1) is 7.16. The van der Waals surface area contributed by atoms with Gasteiger partial charge in [-0.25, -0.2) is 9.48 Å². The number of aromatic nitrogens is 2. The minimum absolute atomic E-state index is 0.137. The fraction of sp³-hybridized carbons (Fsp3) is 0. The van der Waals surface area contributed by atoms with E-state index in [2.05, 4.69) is 11.2 Å². The first kappa shape index (κ1) is 9.73. The molecule has 0 amide bonds. The zero-order chi connectivity index (χ0) is 10.8. The smallest absolute Gasteiger partial charge is 0.338 e. The fourth-order valence-corrected chi connectivity index (χ4v) is 1.22. The molecule has 0 unspecified atom stereocenters. The van der Waals surface area contributed by atoms with Gasteiger partial charge in [-0.15, -0.1) is 0 Å². The average molecular weight is 222 g/mol. The van der Waals surface area contributed by atoms with Gasteiger partial charge < -0.3 is 5.11 Å². The van der Waals surface area contributed by atoms with E-state index < -0.39 is 5.97 Å². The van der Waals surface area contributed by atoms with Crippen LogP contribution in [0.2, 0.25) is 5.02 Å². The van der Waals surface area contributed by atoms with Crippen LogP contribution in [0.3, 0.4) is 0 Å². The Bertz CT molecular complexity index is 490. The van der Waals surface area contributed by atoms with E-state index in [4.69, 9.17) is 16.7 Å². The Balaban J connectivity index is 2.37. The van der Waals surface area contributed by atoms with Gasteiger partial charge in [-0.05, 0) is 18.2 Å². The highest BCUT2D eigenvalue weighted by atomic mass is 35.5. The molecule has 15 heavy (non-hydrogen) atoms. The lowest BCUT2D eigenvalue weighted by molar-refractivity contribution is 0.0697. The van der Waals surface area contributed by atoms with Crippen molar-refractivity contribution in [1.29, 1.82) is 0 Å². The third-order valence-corrected chi connectivity index (χ3v) is 2.07. The Morgan fingerprint density at radius 2 is 2.33 bits per heavy atom. The van der Waals surface area contributed by atoms with E-state index in [0.29, 0.717) is 10.7 Å². The van der Waals surface area contributed by atoms with Gasteiger partial charge in [0.15, 0.2) is 0 Å². The van der Waals surface area contributed by atoms with Gasteiger partial charge in [-0.2, -0.15) is 5.10 Å². The molecule has 0 fully saturated rings. The maximum Gasteiger partial charge on any atom is 0.338 e. The zero-order valence-electron chi connectivity index (χ0n) is 7.51. The van der Waals surface area contributed by atoms with Crippen LogP contribution in [0.5, 0.6) is 0 Å². The normalized spacial score (nSPS) is 10.2. The number of halogens is 1. The number of hydrogen-bond acceptors (Lipinski definition) is 2. The predicted octanol–water partition coefficient (Wildman–Crippen LogP) is 2.02. The van der Waals surface area contributed by atoms with Crippen LogP contribution in [0.1, 0.15) is 10.4 Å². The number of carboxylic acid groups (broad SMARTS) is 1. The molecule has 4 nitrogen and oxygen atoms in total. The lowest BCUT2D eigenvalue weighted by atomic mass is 10.3. The Kier molecular flexibility index (Phi) is 2.43. The van der Waals surface area contributed by atoms with Crippen molar-refractivity contribution in [2.24, 2.45) is 0 Å². The Hall–Kier alpha value is -1.81. The van der Waals surface area contributed by atoms with Crippen molar-refractivity contribution < 1.29 is 9.90 Å². The van der Waals surface area contributed by atoms with E-state index in [9.17, 15) is 4.79 Å². The minimum Gasteiger partial charge on any atom is -0.478 e. The van der Waals surface area contributed by atoms with Crippen LogP contribution < -0.4 is 0 Å². The first-order valence-corrected chi connectivity index (χ1v) is 4.50. The molecule has 1 N–H and O–H groups in total. The molecular weight excluding hydrogens is 216 g/mol. The van der Waals surface area contributed by atoms with Crippen molar-refractivity contribution in [1.82, 2.24) is 9.78 Å². The molecular formula is C10H6ClN2O2. The number of carboxylic acids is 1. The SMILES string of the molecule is O=C(O)c1cnn(-c2[c]cc(Cl)cc2)c1. The molecule has 0 aliphatic heterocycles. The highest BCUT2D eigenvalue weighted by Gasteiger charge is 2.06. The molecule has 2 rings (SSSR count). The second-order valence-electron chi connectivity index (χ2n) is 2.87. The van der Waals surface area contributed by atoms with Gasteiger partial charge in [-0.3, -0.25) is 0 Å². The minimum atomic E-state index is -1.00. The zero-order valence-corrected chi connectivity index (χ0v) is 8.27.